The second-order valence-corrected chi connectivity index (χ2v) is 7.72. The van der Waals surface area contributed by atoms with Gasteiger partial charge in [0.1, 0.15) is 11.5 Å². The lowest BCUT2D eigenvalue weighted by molar-refractivity contribution is -0.384. The minimum absolute atomic E-state index is 0.0609. The molecule has 2 amide bonds. The largest absolute Gasteiger partial charge is 0.321 e. The number of hydrogen-bond donors (Lipinski definition) is 2. The number of halogens is 3. The third-order valence-corrected chi connectivity index (χ3v) is 5.21. The molecule has 0 spiro atoms. The van der Waals surface area contributed by atoms with Crippen LogP contribution in [0.15, 0.2) is 66.4 Å². The zero-order valence-electron chi connectivity index (χ0n) is 17.1. The lowest BCUT2D eigenvalue weighted by Gasteiger charge is -2.12. The molecule has 0 saturated heterocycles. The highest BCUT2D eigenvalue weighted by Gasteiger charge is 2.18. The van der Waals surface area contributed by atoms with Gasteiger partial charge in [0.05, 0.1) is 15.5 Å². The fourth-order valence-electron chi connectivity index (χ4n) is 2.79. The van der Waals surface area contributed by atoms with Crippen molar-refractivity contribution >= 4 is 52.5 Å². The summed E-state index contributed by atoms with van der Waals surface area (Å²) in [6.07, 6.45) is 1.27. The van der Waals surface area contributed by atoms with Crippen molar-refractivity contribution in [1.82, 2.24) is 5.32 Å². The third kappa shape index (κ3) is 6.15. The summed E-state index contributed by atoms with van der Waals surface area (Å²) in [7, 11) is 0. The molecule has 7 nitrogen and oxygen atoms in total. The van der Waals surface area contributed by atoms with E-state index in [1.165, 1.54) is 36.4 Å². The molecule has 0 saturated carbocycles. The second-order valence-electron chi connectivity index (χ2n) is 6.91. The van der Waals surface area contributed by atoms with Crippen LogP contribution in [-0.2, 0) is 4.79 Å². The summed E-state index contributed by atoms with van der Waals surface area (Å²) >= 11 is 12.1. The number of nitro benzene ring substituents is 1. The number of non-ortho nitro benzene ring substituents is 1. The Morgan fingerprint density at radius 3 is 2.45 bits per heavy atom. The molecule has 0 bridgehead atoms. The van der Waals surface area contributed by atoms with Crippen LogP contribution in [0.4, 0.5) is 15.8 Å². The first-order valence-corrected chi connectivity index (χ1v) is 10.2. The van der Waals surface area contributed by atoms with Crippen LogP contribution in [0.1, 0.15) is 21.5 Å². The van der Waals surface area contributed by atoms with Gasteiger partial charge in [0, 0.05) is 22.8 Å². The van der Waals surface area contributed by atoms with E-state index in [0.717, 1.165) is 17.7 Å². The van der Waals surface area contributed by atoms with Gasteiger partial charge in [-0.3, -0.25) is 19.7 Å². The number of nitrogens with one attached hydrogen (secondary N) is 2. The SMILES string of the molecule is Cc1ccc(NC(=O)C(=Cc2cccc([N+](=O)[O-])c2)NC(=O)c2ccc(F)cc2Cl)cc1Cl. The maximum atomic E-state index is 13.3. The van der Waals surface area contributed by atoms with Gasteiger partial charge in [-0.15, -0.1) is 0 Å². The number of hydrogen-bond acceptors (Lipinski definition) is 4. The van der Waals surface area contributed by atoms with Crippen LogP contribution < -0.4 is 10.6 Å². The molecule has 3 aromatic rings. The summed E-state index contributed by atoms with van der Waals surface area (Å²) in [5, 5.41) is 16.4. The highest BCUT2D eigenvalue weighted by Crippen LogP contribution is 2.22. The Balaban J connectivity index is 1.96. The van der Waals surface area contributed by atoms with E-state index in [0.29, 0.717) is 16.3 Å². The average molecular weight is 488 g/mol. The minimum atomic E-state index is -0.770. The average Bonchev–Trinajstić information content (AvgIpc) is 2.76. The van der Waals surface area contributed by atoms with Crippen LogP contribution in [0.25, 0.3) is 6.08 Å². The highest BCUT2D eigenvalue weighted by molar-refractivity contribution is 6.34. The van der Waals surface area contributed by atoms with E-state index >= 15 is 0 Å². The number of nitro groups is 1. The van der Waals surface area contributed by atoms with Crippen molar-refractivity contribution in [3.63, 3.8) is 0 Å². The summed E-state index contributed by atoms with van der Waals surface area (Å²) in [4.78, 5) is 36.2. The van der Waals surface area contributed by atoms with Gasteiger partial charge in [0.25, 0.3) is 17.5 Å². The van der Waals surface area contributed by atoms with Crippen molar-refractivity contribution in [2.45, 2.75) is 6.92 Å². The number of rotatable bonds is 6. The molecule has 0 fully saturated rings. The molecule has 0 aliphatic rings. The van der Waals surface area contributed by atoms with Gasteiger partial charge in [-0.2, -0.15) is 0 Å². The van der Waals surface area contributed by atoms with E-state index < -0.39 is 22.6 Å². The maximum absolute atomic E-state index is 13.3. The molecule has 0 atom stereocenters. The Bertz CT molecular complexity index is 1290. The number of anilines is 1. The van der Waals surface area contributed by atoms with Crippen LogP contribution in [0.5, 0.6) is 0 Å². The lowest BCUT2D eigenvalue weighted by Crippen LogP contribution is -2.31. The fraction of sp³-hybridized carbons (Fsp3) is 0.0435. The van der Waals surface area contributed by atoms with Crippen molar-refractivity contribution in [2.24, 2.45) is 0 Å². The first kappa shape index (κ1) is 23.9. The van der Waals surface area contributed by atoms with Crippen LogP contribution in [0, 0.1) is 22.9 Å². The Morgan fingerprint density at radius 1 is 1.03 bits per heavy atom. The Labute approximate surface area is 198 Å². The van der Waals surface area contributed by atoms with E-state index in [4.69, 9.17) is 23.2 Å². The number of aryl methyl sites for hydroxylation is 1. The molecule has 3 aromatic carbocycles. The summed E-state index contributed by atoms with van der Waals surface area (Å²) < 4.78 is 13.3. The monoisotopic (exact) mass is 487 g/mol. The molecular weight excluding hydrogens is 472 g/mol. The normalized spacial score (nSPS) is 11.1. The maximum Gasteiger partial charge on any atom is 0.272 e. The van der Waals surface area contributed by atoms with Crippen molar-refractivity contribution < 1.29 is 18.9 Å². The third-order valence-electron chi connectivity index (χ3n) is 4.49. The van der Waals surface area contributed by atoms with E-state index in [-0.39, 0.29) is 22.0 Å². The summed E-state index contributed by atoms with van der Waals surface area (Å²) in [6.45, 7) is 1.80. The predicted molar refractivity (Wildman–Crippen MR) is 125 cm³/mol. The zero-order valence-corrected chi connectivity index (χ0v) is 18.6. The van der Waals surface area contributed by atoms with Gasteiger partial charge in [0.15, 0.2) is 0 Å². The van der Waals surface area contributed by atoms with Crippen molar-refractivity contribution in [3.8, 4) is 0 Å². The van der Waals surface area contributed by atoms with E-state index in [9.17, 15) is 24.1 Å². The second kappa shape index (κ2) is 10.2. The molecule has 0 aromatic heterocycles. The minimum Gasteiger partial charge on any atom is -0.321 e. The molecule has 0 radical (unpaired) electrons. The quantitative estimate of drug-likeness (QED) is 0.262. The predicted octanol–water partition coefficient (Wildman–Crippen LogP) is 5.76. The molecule has 0 heterocycles. The number of benzene rings is 3. The molecule has 0 aliphatic carbocycles. The van der Waals surface area contributed by atoms with E-state index in [1.54, 1.807) is 25.1 Å². The fourth-order valence-corrected chi connectivity index (χ4v) is 3.22. The van der Waals surface area contributed by atoms with E-state index in [2.05, 4.69) is 10.6 Å². The van der Waals surface area contributed by atoms with Crippen LogP contribution >= 0.6 is 23.2 Å². The first-order valence-electron chi connectivity index (χ1n) is 9.44. The number of carbonyl (C=O) groups is 2. The van der Waals surface area contributed by atoms with Gasteiger partial charge >= 0.3 is 0 Å². The molecule has 0 aliphatic heterocycles. The van der Waals surface area contributed by atoms with Crippen molar-refractivity contribution in [1.29, 1.82) is 0 Å². The van der Waals surface area contributed by atoms with Gasteiger partial charge in [-0.1, -0.05) is 41.4 Å². The number of carbonyl (C=O) groups excluding carboxylic acids is 2. The molecule has 2 N–H and O–H groups in total. The Hall–Kier alpha value is -3.75. The lowest BCUT2D eigenvalue weighted by atomic mass is 10.1. The molecule has 168 valence electrons. The highest BCUT2D eigenvalue weighted by atomic mass is 35.5. The molecule has 3 rings (SSSR count). The summed E-state index contributed by atoms with van der Waals surface area (Å²) in [6, 6.07) is 13.6. The molecule has 0 unspecified atom stereocenters. The molecule has 33 heavy (non-hydrogen) atoms. The Morgan fingerprint density at radius 2 is 1.79 bits per heavy atom. The van der Waals surface area contributed by atoms with Gasteiger partial charge in [-0.05, 0) is 54.5 Å². The van der Waals surface area contributed by atoms with Crippen LogP contribution in [0.3, 0.4) is 0 Å². The molecule has 10 heteroatoms. The number of nitrogens with zero attached hydrogens (tertiary/aromatic N) is 1. The van der Waals surface area contributed by atoms with Crippen molar-refractivity contribution in [3.05, 3.63) is 109 Å². The van der Waals surface area contributed by atoms with Gasteiger partial charge in [0.2, 0.25) is 0 Å². The topological polar surface area (TPSA) is 101 Å². The van der Waals surface area contributed by atoms with E-state index in [1.807, 2.05) is 0 Å². The zero-order chi connectivity index (χ0) is 24.1. The summed E-state index contributed by atoms with van der Waals surface area (Å²) in [5.41, 5.74) is 0.992. The molecular formula is C23H16Cl2FN3O4. The van der Waals surface area contributed by atoms with Crippen LogP contribution in [-0.4, -0.2) is 16.7 Å². The van der Waals surface area contributed by atoms with Crippen molar-refractivity contribution in [2.75, 3.05) is 5.32 Å². The van der Waals surface area contributed by atoms with Gasteiger partial charge in [-0.25, -0.2) is 4.39 Å². The number of amides is 2. The van der Waals surface area contributed by atoms with Gasteiger partial charge < -0.3 is 10.6 Å². The standard InChI is InChI=1S/C23H16Cl2FN3O4/c1-13-5-7-16(12-19(13)24)27-23(31)21(10-14-3-2-4-17(9-14)29(32)33)28-22(30)18-8-6-15(26)11-20(18)25/h2-12H,1H3,(H,27,31)(H,28,30). The van der Waals surface area contributed by atoms with Crippen LogP contribution in [0.2, 0.25) is 10.0 Å². The smallest absolute Gasteiger partial charge is 0.272 e. The first-order chi connectivity index (χ1) is 15.6. The Kier molecular flexibility index (Phi) is 7.42. The summed E-state index contributed by atoms with van der Waals surface area (Å²) in [5.74, 6) is -2.11.